The van der Waals surface area contributed by atoms with Gasteiger partial charge >= 0.3 is 5.97 Å². The Labute approximate surface area is 74.5 Å². The van der Waals surface area contributed by atoms with Crippen molar-refractivity contribution in [1.29, 1.82) is 0 Å². The third-order valence-corrected chi connectivity index (χ3v) is 1.95. The molecule has 0 bridgehead atoms. The van der Waals surface area contributed by atoms with Crippen molar-refractivity contribution in [3.63, 3.8) is 0 Å². The van der Waals surface area contributed by atoms with Crippen molar-refractivity contribution < 1.29 is 9.53 Å². The van der Waals surface area contributed by atoms with E-state index in [1.54, 1.807) is 0 Å². The van der Waals surface area contributed by atoms with Gasteiger partial charge in [-0.3, -0.25) is 10.1 Å². The molecule has 0 aliphatic carbocycles. The second-order valence-corrected chi connectivity index (χ2v) is 3.48. The summed E-state index contributed by atoms with van der Waals surface area (Å²) in [7, 11) is 1.41. The number of ether oxygens (including phenoxy) is 1. The van der Waals surface area contributed by atoms with E-state index in [0.717, 1.165) is 6.42 Å². The summed E-state index contributed by atoms with van der Waals surface area (Å²) in [4.78, 5) is 11.3. The molecule has 3 nitrogen and oxygen atoms in total. The van der Waals surface area contributed by atoms with E-state index in [4.69, 9.17) is 4.74 Å². The third-order valence-electron chi connectivity index (χ3n) is 1.95. The van der Waals surface area contributed by atoms with Gasteiger partial charge in [-0.25, -0.2) is 0 Å². The molecule has 12 heavy (non-hydrogen) atoms. The Hall–Kier alpha value is -0.570. The highest BCUT2D eigenvalue weighted by atomic mass is 16.5. The van der Waals surface area contributed by atoms with E-state index in [1.165, 1.54) is 7.11 Å². The first-order valence-corrected chi connectivity index (χ1v) is 4.32. The summed E-state index contributed by atoms with van der Waals surface area (Å²) in [6.07, 6.45) is 0.734. The lowest BCUT2D eigenvalue weighted by molar-refractivity contribution is -0.148. The minimum atomic E-state index is -0.539. The van der Waals surface area contributed by atoms with Crippen molar-refractivity contribution in [1.82, 2.24) is 5.32 Å². The molecular weight excluding hydrogens is 154 g/mol. The summed E-state index contributed by atoms with van der Waals surface area (Å²) in [6.45, 7) is 7.85. The van der Waals surface area contributed by atoms with Crippen LogP contribution in [-0.2, 0) is 9.53 Å². The number of rotatable bonds is 4. The maximum Gasteiger partial charge on any atom is 0.325 e. The van der Waals surface area contributed by atoms with Crippen molar-refractivity contribution in [2.24, 2.45) is 0 Å². The highest BCUT2D eigenvalue weighted by Gasteiger charge is 2.32. The SMILES string of the molecule is CC[C@@](C)(NC(C)C)C(=O)OC. The zero-order chi connectivity index (χ0) is 9.78. The lowest BCUT2D eigenvalue weighted by atomic mass is 9.98. The summed E-state index contributed by atoms with van der Waals surface area (Å²) < 4.78 is 4.71. The van der Waals surface area contributed by atoms with Crippen LogP contribution >= 0.6 is 0 Å². The maximum absolute atomic E-state index is 11.3. The molecule has 0 saturated carbocycles. The number of carbonyl (C=O) groups is 1. The van der Waals surface area contributed by atoms with E-state index in [1.807, 2.05) is 27.7 Å². The molecule has 0 aromatic rings. The van der Waals surface area contributed by atoms with Gasteiger partial charge < -0.3 is 4.74 Å². The van der Waals surface area contributed by atoms with E-state index in [0.29, 0.717) is 0 Å². The Morgan fingerprint density at radius 1 is 1.58 bits per heavy atom. The molecule has 0 fully saturated rings. The fraction of sp³-hybridized carbons (Fsp3) is 0.889. The Morgan fingerprint density at radius 3 is 2.33 bits per heavy atom. The van der Waals surface area contributed by atoms with Crippen LogP contribution in [0.25, 0.3) is 0 Å². The van der Waals surface area contributed by atoms with Crippen molar-refractivity contribution in [2.75, 3.05) is 7.11 Å². The van der Waals surface area contributed by atoms with Gasteiger partial charge in [0.1, 0.15) is 5.54 Å². The van der Waals surface area contributed by atoms with Gasteiger partial charge in [0.15, 0.2) is 0 Å². The average molecular weight is 173 g/mol. The second kappa shape index (κ2) is 4.45. The number of carbonyl (C=O) groups excluding carboxylic acids is 1. The van der Waals surface area contributed by atoms with Crippen LogP contribution in [0.2, 0.25) is 0 Å². The normalized spacial score (nSPS) is 15.8. The van der Waals surface area contributed by atoms with Gasteiger partial charge in [0.25, 0.3) is 0 Å². The second-order valence-electron chi connectivity index (χ2n) is 3.48. The number of hydrogen-bond donors (Lipinski definition) is 1. The minimum absolute atomic E-state index is 0.196. The minimum Gasteiger partial charge on any atom is -0.468 e. The van der Waals surface area contributed by atoms with Crippen molar-refractivity contribution in [3.8, 4) is 0 Å². The van der Waals surface area contributed by atoms with Crippen molar-refractivity contribution in [3.05, 3.63) is 0 Å². The average Bonchev–Trinajstić information content (AvgIpc) is 2.01. The first-order chi connectivity index (χ1) is 5.46. The highest BCUT2D eigenvalue weighted by molar-refractivity contribution is 5.80. The lowest BCUT2D eigenvalue weighted by Crippen LogP contribution is -2.52. The zero-order valence-electron chi connectivity index (χ0n) is 8.60. The lowest BCUT2D eigenvalue weighted by Gasteiger charge is -2.28. The van der Waals surface area contributed by atoms with Gasteiger partial charge in [-0.05, 0) is 27.2 Å². The van der Waals surface area contributed by atoms with Crippen molar-refractivity contribution >= 4 is 5.97 Å². The fourth-order valence-corrected chi connectivity index (χ4v) is 1.17. The van der Waals surface area contributed by atoms with E-state index in [2.05, 4.69) is 5.32 Å². The predicted octanol–water partition coefficient (Wildman–Crippen LogP) is 1.33. The summed E-state index contributed by atoms with van der Waals surface area (Å²) >= 11 is 0. The molecule has 0 heterocycles. The summed E-state index contributed by atoms with van der Waals surface area (Å²) in [5, 5.41) is 3.18. The molecule has 0 aromatic heterocycles. The van der Waals surface area contributed by atoms with Gasteiger partial charge in [-0.15, -0.1) is 0 Å². The molecule has 0 spiro atoms. The van der Waals surface area contributed by atoms with Gasteiger partial charge in [-0.2, -0.15) is 0 Å². The Kier molecular flexibility index (Phi) is 4.24. The van der Waals surface area contributed by atoms with Gasteiger partial charge in [-0.1, -0.05) is 6.92 Å². The van der Waals surface area contributed by atoms with Crippen LogP contribution in [-0.4, -0.2) is 24.7 Å². The van der Waals surface area contributed by atoms with Crippen LogP contribution in [0.1, 0.15) is 34.1 Å². The molecule has 0 amide bonds. The molecule has 0 aliphatic rings. The number of nitrogens with one attached hydrogen (secondary N) is 1. The molecule has 0 radical (unpaired) electrons. The first-order valence-electron chi connectivity index (χ1n) is 4.32. The molecule has 1 atom stereocenters. The van der Waals surface area contributed by atoms with Crippen LogP contribution in [0.15, 0.2) is 0 Å². The van der Waals surface area contributed by atoms with E-state index >= 15 is 0 Å². The molecule has 1 N–H and O–H groups in total. The molecular formula is C9H19NO2. The van der Waals surface area contributed by atoms with Gasteiger partial charge in [0, 0.05) is 6.04 Å². The Morgan fingerprint density at radius 2 is 2.08 bits per heavy atom. The largest absolute Gasteiger partial charge is 0.468 e. The van der Waals surface area contributed by atoms with Crippen LogP contribution in [0, 0.1) is 0 Å². The van der Waals surface area contributed by atoms with Crippen LogP contribution < -0.4 is 5.32 Å². The molecule has 0 rings (SSSR count). The first kappa shape index (κ1) is 11.4. The maximum atomic E-state index is 11.3. The Bertz CT molecular complexity index is 157. The quantitative estimate of drug-likeness (QED) is 0.652. The monoisotopic (exact) mass is 173 g/mol. The van der Waals surface area contributed by atoms with Crippen LogP contribution in [0.4, 0.5) is 0 Å². The van der Waals surface area contributed by atoms with Gasteiger partial charge in [0.2, 0.25) is 0 Å². The Balaban J connectivity index is 4.33. The standard InChI is InChI=1S/C9H19NO2/c1-6-9(4,8(11)12-5)10-7(2)3/h7,10H,6H2,1-5H3/t9-/m1/s1. The molecule has 0 aliphatic heterocycles. The van der Waals surface area contributed by atoms with Crippen molar-refractivity contribution in [2.45, 2.75) is 45.7 Å². The molecule has 0 aromatic carbocycles. The highest BCUT2D eigenvalue weighted by Crippen LogP contribution is 2.11. The van der Waals surface area contributed by atoms with E-state index < -0.39 is 5.54 Å². The number of hydrogen-bond acceptors (Lipinski definition) is 3. The molecule has 72 valence electrons. The fourth-order valence-electron chi connectivity index (χ4n) is 1.17. The summed E-state index contributed by atoms with van der Waals surface area (Å²) in [5.41, 5.74) is -0.539. The number of methoxy groups -OCH3 is 1. The molecule has 0 saturated heterocycles. The van der Waals surface area contributed by atoms with E-state index in [-0.39, 0.29) is 12.0 Å². The predicted molar refractivity (Wildman–Crippen MR) is 49.0 cm³/mol. The zero-order valence-corrected chi connectivity index (χ0v) is 8.60. The number of esters is 1. The summed E-state index contributed by atoms with van der Waals surface area (Å²) in [6, 6.07) is 0.286. The molecule has 0 unspecified atom stereocenters. The van der Waals surface area contributed by atoms with Crippen LogP contribution in [0.3, 0.4) is 0 Å². The summed E-state index contributed by atoms with van der Waals surface area (Å²) in [5.74, 6) is -0.196. The molecule has 3 heteroatoms. The van der Waals surface area contributed by atoms with Crippen LogP contribution in [0.5, 0.6) is 0 Å². The smallest absolute Gasteiger partial charge is 0.325 e. The van der Waals surface area contributed by atoms with E-state index in [9.17, 15) is 4.79 Å². The van der Waals surface area contributed by atoms with Gasteiger partial charge in [0.05, 0.1) is 7.11 Å². The topological polar surface area (TPSA) is 38.3 Å². The third kappa shape index (κ3) is 2.81.